The van der Waals surface area contributed by atoms with Crippen LogP contribution in [0, 0.1) is 10.1 Å². The summed E-state index contributed by atoms with van der Waals surface area (Å²) in [5, 5.41) is 13.6. The summed E-state index contributed by atoms with van der Waals surface area (Å²) in [6.45, 7) is 2.71. The molecule has 0 radical (unpaired) electrons. The zero-order valence-electron chi connectivity index (χ0n) is 13.0. The molecule has 0 aliphatic heterocycles. The molecule has 24 heavy (non-hydrogen) atoms. The molecule has 7 heteroatoms. The molecule has 0 bridgehead atoms. The normalized spacial score (nSPS) is 10.1. The Morgan fingerprint density at radius 1 is 0.875 bits per heavy atom. The Kier molecular flexibility index (Phi) is 4.84. The molecule has 122 valence electrons. The van der Waals surface area contributed by atoms with E-state index in [1.807, 2.05) is 0 Å². The highest BCUT2D eigenvalue weighted by Crippen LogP contribution is 2.26. The molecular weight excluding hydrogens is 312 g/mol. The molecule has 2 rings (SSSR count). The van der Waals surface area contributed by atoms with Crippen LogP contribution in [-0.4, -0.2) is 22.4 Å². The first-order valence-electron chi connectivity index (χ1n) is 7.01. The van der Waals surface area contributed by atoms with Crippen molar-refractivity contribution in [1.82, 2.24) is 0 Å². The van der Waals surface area contributed by atoms with Crippen molar-refractivity contribution in [2.75, 3.05) is 5.32 Å². The third-order valence-corrected chi connectivity index (χ3v) is 3.40. The summed E-state index contributed by atoms with van der Waals surface area (Å²) in [6, 6.07) is 9.77. The van der Waals surface area contributed by atoms with E-state index in [0.29, 0.717) is 5.56 Å². The van der Waals surface area contributed by atoms with Crippen LogP contribution in [0.25, 0.3) is 0 Å². The van der Waals surface area contributed by atoms with E-state index in [1.165, 1.54) is 50.2 Å². The molecule has 0 spiro atoms. The number of Topliss-reactive ketones (excluding diaryl/α,β-unsaturated/α-hetero) is 2. The number of carbonyl (C=O) groups excluding carboxylic acids is 3. The van der Waals surface area contributed by atoms with E-state index in [2.05, 4.69) is 5.32 Å². The second kappa shape index (κ2) is 6.82. The fourth-order valence-corrected chi connectivity index (χ4v) is 2.06. The Labute approximate surface area is 137 Å². The second-order valence-electron chi connectivity index (χ2n) is 5.13. The number of nitrogens with zero attached hydrogens (tertiary/aromatic N) is 1. The van der Waals surface area contributed by atoms with Gasteiger partial charge in [0.2, 0.25) is 0 Å². The minimum absolute atomic E-state index is 0.00866. The molecule has 0 aliphatic rings. The fraction of sp³-hybridized carbons (Fsp3) is 0.118. The lowest BCUT2D eigenvalue weighted by Gasteiger charge is -2.07. The Morgan fingerprint density at radius 2 is 1.38 bits per heavy atom. The molecular formula is C17H14N2O5. The van der Waals surface area contributed by atoms with Gasteiger partial charge in [-0.05, 0) is 38.1 Å². The van der Waals surface area contributed by atoms with Gasteiger partial charge in [-0.3, -0.25) is 24.5 Å². The second-order valence-corrected chi connectivity index (χ2v) is 5.13. The third-order valence-electron chi connectivity index (χ3n) is 3.40. The molecule has 7 nitrogen and oxygen atoms in total. The minimum Gasteiger partial charge on any atom is -0.316 e. The summed E-state index contributed by atoms with van der Waals surface area (Å²) in [5.74, 6) is -0.989. The lowest BCUT2D eigenvalue weighted by Crippen LogP contribution is -2.13. The Balaban J connectivity index is 2.29. The highest BCUT2D eigenvalue weighted by Gasteiger charge is 2.18. The Morgan fingerprint density at radius 3 is 1.88 bits per heavy atom. The highest BCUT2D eigenvalue weighted by molar-refractivity contribution is 6.06. The molecule has 1 N–H and O–H groups in total. The first-order chi connectivity index (χ1) is 11.3. The summed E-state index contributed by atoms with van der Waals surface area (Å²) in [7, 11) is 0. The maximum atomic E-state index is 12.2. The van der Waals surface area contributed by atoms with E-state index in [-0.39, 0.29) is 34.1 Å². The molecule has 0 heterocycles. The summed E-state index contributed by atoms with van der Waals surface area (Å²) in [6.07, 6.45) is 0. The smallest absolute Gasteiger partial charge is 0.293 e. The van der Waals surface area contributed by atoms with Gasteiger partial charge in [0.15, 0.2) is 11.6 Å². The van der Waals surface area contributed by atoms with Gasteiger partial charge in [0.25, 0.3) is 11.6 Å². The first-order valence-corrected chi connectivity index (χ1v) is 7.01. The van der Waals surface area contributed by atoms with Gasteiger partial charge in [0, 0.05) is 22.8 Å². The van der Waals surface area contributed by atoms with Crippen LogP contribution in [-0.2, 0) is 0 Å². The van der Waals surface area contributed by atoms with Crippen molar-refractivity contribution in [3.8, 4) is 0 Å². The van der Waals surface area contributed by atoms with Crippen LogP contribution >= 0.6 is 0 Å². The van der Waals surface area contributed by atoms with Crippen molar-refractivity contribution in [2.45, 2.75) is 13.8 Å². The van der Waals surface area contributed by atoms with Gasteiger partial charge in [-0.15, -0.1) is 0 Å². The Hall–Kier alpha value is -3.35. The number of rotatable bonds is 5. The maximum Gasteiger partial charge on any atom is 0.293 e. The van der Waals surface area contributed by atoms with E-state index in [0.717, 1.165) is 6.07 Å². The molecule has 0 fully saturated rings. The summed E-state index contributed by atoms with van der Waals surface area (Å²) in [4.78, 5) is 45.2. The minimum atomic E-state index is -0.666. The molecule has 2 aromatic rings. The molecule has 1 amide bonds. The predicted octanol–water partition coefficient (Wildman–Crippen LogP) is 3.25. The summed E-state index contributed by atoms with van der Waals surface area (Å²) in [5.41, 5.74) is 0.529. The SMILES string of the molecule is CC(=O)c1ccc(C(=O)Nc2ccc(C(C)=O)cc2[N+](=O)[O-])cc1. The number of nitro groups is 1. The number of nitro benzene ring substituents is 1. The van der Waals surface area contributed by atoms with Crippen LogP contribution in [0.1, 0.15) is 44.9 Å². The molecule has 0 unspecified atom stereocenters. The third kappa shape index (κ3) is 3.70. The van der Waals surface area contributed by atoms with E-state index >= 15 is 0 Å². The lowest BCUT2D eigenvalue weighted by molar-refractivity contribution is -0.383. The van der Waals surface area contributed by atoms with E-state index in [1.54, 1.807) is 0 Å². The van der Waals surface area contributed by atoms with Crippen molar-refractivity contribution in [1.29, 1.82) is 0 Å². The zero-order chi connectivity index (χ0) is 17.9. The van der Waals surface area contributed by atoms with Crippen LogP contribution in [0.3, 0.4) is 0 Å². The highest BCUT2D eigenvalue weighted by atomic mass is 16.6. The number of amides is 1. The quantitative estimate of drug-likeness (QED) is 0.515. The van der Waals surface area contributed by atoms with Crippen LogP contribution in [0.15, 0.2) is 42.5 Å². The summed E-state index contributed by atoms with van der Waals surface area (Å²) < 4.78 is 0. The molecule has 0 aliphatic carbocycles. The van der Waals surface area contributed by atoms with Crippen LogP contribution in [0.2, 0.25) is 0 Å². The lowest BCUT2D eigenvalue weighted by atomic mass is 10.1. The average Bonchev–Trinajstić information content (AvgIpc) is 2.54. The van der Waals surface area contributed by atoms with Crippen molar-refractivity contribution in [2.24, 2.45) is 0 Å². The zero-order valence-corrected chi connectivity index (χ0v) is 13.0. The van der Waals surface area contributed by atoms with E-state index in [9.17, 15) is 24.5 Å². The van der Waals surface area contributed by atoms with Crippen molar-refractivity contribution in [3.05, 3.63) is 69.3 Å². The molecule has 0 saturated carbocycles. The van der Waals surface area contributed by atoms with E-state index < -0.39 is 10.8 Å². The van der Waals surface area contributed by atoms with E-state index in [4.69, 9.17) is 0 Å². The topological polar surface area (TPSA) is 106 Å². The van der Waals surface area contributed by atoms with Crippen molar-refractivity contribution < 1.29 is 19.3 Å². The number of hydrogen-bond acceptors (Lipinski definition) is 5. The average molecular weight is 326 g/mol. The van der Waals surface area contributed by atoms with Crippen molar-refractivity contribution >= 4 is 28.8 Å². The standard InChI is InChI=1S/C17H14N2O5/c1-10(20)12-3-5-13(6-4-12)17(22)18-15-8-7-14(11(2)21)9-16(15)19(23)24/h3-9H,1-2H3,(H,18,22). The molecule has 2 aromatic carbocycles. The van der Waals surface area contributed by atoms with Gasteiger partial charge >= 0.3 is 0 Å². The van der Waals surface area contributed by atoms with Gasteiger partial charge in [-0.2, -0.15) is 0 Å². The summed E-state index contributed by atoms with van der Waals surface area (Å²) >= 11 is 0. The van der Waals surface area contributed by atoms with Crippen molar-refractivity contribution in [3.63, 3.8) is 0 Å². The number of benzene rings is 2. The van der Waals surface area contributed by atoms with Crippen LogP contribution in [0.5, 0.6) is 0 Å². The number of ketones is 2. The van der Waals surface area contributed by atoms with Crippen LogP contribution in [0.4, 0.5) is 11.4 Å². The predicted molar refractivity (Wildman–Crippen MR) is 87.5 cm³/mol. The maximum absolute atomic E-state index is 12.2. The number of carbonyl (C=O) groups is 3. The molecule has 0 atom stereocenters. The van der Waals surface area contributed by atoms with Crippen LogP contribution < -0.4 is 5.32 Å². The largest absolute Gasteiger partial charge is 0.316 e. The van der Waals surface area contributed by atoms with Gasteiger partial charge in [-0.25, -0.2) is 0 Å². The van der Waals surface area contributed by atoms with Gasteiger partial charge in [0.1, 0.15) is 5.69 Å². The van der Waals surface area contributed by atoms with Gasteiger partial charge in [-0.1, -0.05) is 12.1 Å². The fourth-order valence-electron chi connectivity index (χ4n) is 2.06. The van der Waals surface area contributed by atoms with Gasteiger partial charge < -0.3 is 5.32 Å². The monoisotopic (exact) mass is 326 g/mol. The number of hydrogen-bond donors (Lipinski definition) is 1. The first kappa shape index (κ1) is 17.0. The molecule has 0 aromatic heterocycles. The number of nitrogens with one attached hydrogen (secondary N) is 1. The molecule has 0 saturated heterocycles. The Bertz CT molecular complexity index is 841. The van der Waals surface area contributed by atoms with Gasteiger partial charge in [0.05, 0.1) is 4.92 Å². The number of anilines is 1.